The summed E-state index contributed by atoms with van der Waals surface area (Å²) in [6.45, 7) is 3.65. The van der Waals surface area contributed by atoms with Gasteiger partial charge in [0.05, 0.1) is 82.0 Å². The molecule has 0 bridgehead atoms. The number of alkyl halides is 15. The van der Waals surface area contributed by atoms with Crippen LogP contribution in [0.5, 0.6) is 0 Å². The lowest BCUT2D eigenvalue weighted by molar-refractivity contribution is -0.302. The standard InChI is InChI=1S/C11H8Br2F2S5.C7Br2F6S.C7Br2F2O2S.C7H2Br2O2S.C4H8O2.CHCl3.CH2Cl2/c12-7-5-6(8(13)20-7)10(18-3-4-19-10)11(14,15)9(5)16-1-2-17-9;8-3-1-2(4(9)16-3)6(12,13)7(14,15)5(1,10)11;8-5-1-2(6(9)14-5)4(13)7(10,11)3(1)12;8-6-4-2(10)1-3(11)5(4)7(9)12-6;1-3-6-4(2)5;2-1(3)4;2-1-3/h1-4H2;;;1H2;3H2,1-2H3;1H;1H2. The van der Waals surface area contributed by atoms with Gasteiger partial charge in [-0.05, 0) is 134 Å². The molecule has 0 radical (unpaired) electrons. The SMILES string of the molecule is CCOC(C)=O.ClC(Cl)Cl.ClCCl.FC1(F)C2(SCCS2)c2c(Br)sc(Br)c2C12SCCS2.FC1(F)c2c(Br)sc(Br)c2C(F)(F)C1(F)F.O=C1CC(=O)c2c(Br)sc(Br)c21.O=C1c2c(Br)sc(Br)c2C(=O)C1(F)F. The molecule has 4 aromatic heterocycles. The van der Waals surface area contributed by atoms with Crippen molar-refractivity contribution in [2.75, 3.05) is 35.0 Å². The van der Waals surface area contributed by atoms with Gasteiger partial charge in [-0.25, -0.2) is 8.78 Å². The quantitative estimate of drug-likeness (QED) is 0.0794. The second kappa shape index (κ2) is 27.5. The molecule has 4 aliphatic carbocycles. The zero-order valence-corrected chi connectivity index (χ0v) is 58.9. The number of carbonyl (C=O) groups excluding carboxylic acids is 5. The lowest BCUT2D eigenvalue weighted by Gasteiger charge is -2.37. The van der Waals surface area contributed by atoms with E-state index in [2.05, 4.69) is 132 Å². The number of rotatable bonds is 1. The molecule has 6 heterocycles. The van der Waals surface area contributed by atoms with E-state index in [0.717, 1.165) is 60.6 Å². The number of ether oxygens (including phenoxy) is 1. The second-order valence-electron chi connectivity index (χ2n) is 14.1. The number of thiophene rings is 4. The summed E-state index contributed by atoms with van der Waals surface area (Å²) in [5, 5.41) is 0.194. The average molecular weight is 1840 g/mol. The maximum atomic E-state index is 15.5. The van der Waals surface area contributed by atoms with Gasteiger partial charge in [0.1, 0.15) is 0 Å². The van der Waals surface area contributed by atoms with E-state index in [1.807, 2.05) is 0 Å². The molecule has 2 spiro atoms. The van der Waals surface area contributed by atoms with Crippen LogP contribution in [0.15, 0.2) is 30.3 Å². The van der Waals surface area contributed by atoms with E-state index < -0.39 is 72.3 Å². The van der Waals surface area contributed by atoms with Crippen LogP contribution in [-0.4, -0.2) is 86.1 Å². The highest BCUT2D eigenvalue weighted by molar-refractivity contribution is 9.13. The molecule has 0 aromatic carbocycles. The van der Waals surface area contributed by atoms with Gasteiger partial charge in [-0.3, -0.25) is 24.0 Å². The average Bonchev–Trinajstić information content (AvgIpc) is 4.17. The summed E-state index contributed by atoms with van der Waals surface area (Å²) >= 11 is 58.9. The van der Waals surface area contributed by atoms with E-state index in [4.69, 9.17) is 58.0 Å². The number of fused-ring (bicyclic) bond motifs is 6. The molecule has 10 rings (SSSR count). The van der Waals surface area contributed by atoms with E-state index in [1.165, 1.54) is 65.3 Å². The van der Waals surface area contributed by atoms with Gasteiger partial charge in [0.2, 0.25) is 11.6 Å². The third kappa shape index (κ3) is 13.3. The molecule has 0 N–H and O–H groups in total. The topological polar surface area (TPSA) is 94.6 Å². The summed E-state index contributed by atoms with van der Waals surface area (Å²) in [4.78, 5) is 54.6. The van der Waals surface area contributed by atoms with Crippen LogP contribution in [0.1, 0.15) is 84.0 Å². The Hall–Kier alpha value is 2.94. The molecular weight excluding hydrogens is 1820 g/mol. The maximum Gasteiger partial charge on any atom is 0.380 e. The van der Waals surface area contributed by atoms with Crippen LogP contribution in [0.2, 0.25) is 0 Å². The molecular formula is C38H21Br8Cl5F10O6S8. The molecule has 4 aromatic rings. The second-order valence-corrected chi connectivity index (χ2v) is 37.2. The van der Waals surface area contributed by atoms with E-state index in [1.54, 1.807) is 18.3 Å². The van der Waals surface area contributed by atoms with Crippen LogP contribution in [0, 0.1) is 0 Å². The first-order valence-corrected chi connectivity index (χ1v) is 35.1. The van der Waals surface area contributed by atoms with Crippen LogP contribution in [0.25, 0.3) is 0 Å². The van der Waals surface area contributed by atoms with Gasteiger partial charge in [-0.15, -0.1) is 116 Å². The Kier molecular flexibility index (Phi) is 25.9. The molecule has 0 atom stereocenters. The van der Waals surface area contributed by atoms with Crippen molar-refractivity contribution in [1.29, 1.82) is 0 Å². The minimum Gasteiger partial charge on any atom is -0.466 e. The van der Waals surface area contributed by atoms with Crippen LogP contribution in [-0.2, 0) is 29.5 Å². The Morgan fingerprint density at radius 1 is 0.520 bits per heavy atom. The summed E-state index contributed by atoms with van der Waals surface area (Å²) in [5.41, 5.74) is -0.302. The number of esters is 1. The Morgan fingerprint density at radius 2 is 0.787 bits per heavy atom. The van der Waals surface area contributed by atoms with Crippen LogP contribution >= 0.6 is 278 Å². The predicted molar refractivity (Wildman–Crippen MR) is 317 cm³/mol. The maximum absolute atomic E-state index is 15.5. The smallest absolute Gasteiger partial charge is 0.380 e. The Morgan fingerprint density at radius 3 is 1.05 bits per heavy atom. The van der Waals surface area contributed by atoms with Gasteiger partial charge >= 0.3 is 35.6 Å². The van der Waals surface area contributed by atoms with Crippen LogP contribution in [0.4, 0.5) is 43.9 Å². The summed E-state index contributed by atoms with van der Waals surface area (Å²) in [7, 11) is 0. The summed E-state index contributed by atoms with van der Waals surface area (Å²) < 4.78 is 140. The van der Waals surface area contributed by atoms with Gasteiger partial charge in [-0.1, -0.05) is 34.8 Å². The highest BCUT2D eigenvalue weighted by atomic mass is 79.9. The van der Waals surface area contributed by atoms with Gasteiger partial charge in [0, 0.05) is 41.1 Å². The molecule has 6 aliphatic rings. The minimum absolute atomic E-state index is 0.0232. The number of ketones is 4. The van der Waals surface area contributed by atoms with Crippen LogP contribution < -0.4 is 0 Å². The summed E-state index contributed by atoms with van der Waals surface area (Å²) in [6, 6.07) is 0. The highest BCUT2D eigenvalue weighted by Gasteiger charge is 2.81. The molecule has 2 aliphatic heterocycles. The molecule has 0 amide bonds. The number of Topliss-reactive ketones (excluding diaryl/α,β-unsaturated/α-hetero) is 4. The Bertz CT molecular complexity index is 2700. The van der Waals surface area contributed by atoms with E-state index in [-0.39, 0.29) is 48.0 Å². The fourth-order valence-electron chi connectivity index (χ4n) is 7.02. The van der Waals surface area contributed by atoms with E-state index in [0.29, 0.717) is 29.1 Å². The first-order valence-electron chi connectivity index (χ1n) is 19.1. The third-order valence-electron chi connectivity index (χ3n) is 9.83. The first-order chi connectivity index (χ1) is 34.4. The molecule has 0 saturated carbocycles. The predicted octanol–water partition coefficient (Wildman–Crippen LogP) is 21.6. The van der Waals surface area contributed by atoms with Crippen molar-refractivity contribution in [3.63, 3.8) is 0 Å². The Balaban J connectivity index is 0.000000203. The fraction of sp³-hybridized carbons (Fsp3) is 0.447. The van der Waals surface area contributed by atoms with E-state index >= 15 is 8.78 Å². The normalized spacial score (nSPS) is 20.2. The van der Waals surface area contributed by atoms with Gasteiger partial charge in [0.15, 0.2) is 24.0 Å². The lowest BCUT2D eigenvalue weighted by atomic mass is 10.1. The van der Waals surface area contributed by atoms with Crippen molar-refractivity contribution in [3.8, 4) is 0 Å². The van der Waals surface area contributed by atoms with E-state index in [9.17, 15) is 59.1 Å². The van der Waals surface area contributed by atoms with Crippen LogP contribution in [0.3, 0.4) is 0 Å². The lowest BCUT2D eigenvalue weighted by Crippen LogP contribution is -2.44. The molecule has 37 heteroatoms. The van der Waals surface area contributed by atoms with Gasteiger partial charge in [-0.2, -0.15) is 35.1 Å². The number of carbonyl (C=O) groups is 5. The fourth-order valence-corrected chi connectivity index (χ4v) is 28.2. The van der Waals surface area contributed by atoms with Gasteiger partial charge < -0.3 is 4.74 Å². The molecule has 2 saturated heterocycles. The monoisotopic (exact) mass is 1830 g/mol. The zero-order chi connectivity index (χ0) is 57.5. The molecule has 0 unspecified atom stereocenters. The first kappa shape index (κ1) is 70.4. The van der Waals surface area contributed by atoms with Crippen molar-refractivity contribution >= 4 is 307 Å². The Labute approximate surface area is 544 Å². The van der Waals surface area contributed by atoms with Crippen molar-refractivity contribution in [2.24, 2.45) is 0 Å². The number of hydrogen-bond acceptors (Lipinski definition) is 14. The zero-order valence-electron chi connectivity index (χ0n) is 35.9. The van der Waals surface area contributed by atoms with Crippen molar-refractivity contribution in [3.05, 3.63) is 74.8 Å². The largest absolute Gasteiger partial charge is 0.466 e. The van der Waals surface area contributed by atoms with Crippen molar-refractivity contribution in [2.45, 2.75) is 62.3 Å². The highest BCUT2D eigenvalue weighted by Crippen LogP contribution is 2.80. The minimum atomic E-state index is -5.41. The summed E-state index contributed by atoms with van der Waals surface area (Å²) in [5.74, 6) is -21.8. The summed E-state index contributed by atoms with van der Waals surface area (Å²) in [6.07, 6.45) is 0.0232. The number of halogens is 23. The van der Waals surface area contributed by atoms with Crippen molar-refractivity contribution < 1.29 is 72.6 Å². The molecule has 418 valence electrons. The number of hydrogen-bond donors (Lipinski definition) is 0. The molecule has 2 fully saturated rings. The number of thioether (sulfide) groups is 4. The third-order valence-corrected chi connectivity index (χ3v) is 27.0. The van der Waals surface area contributed by atoms with Crippen molar-refractivity contribution in [1.82, 2.24) is 0 Å². The molecule has 75 heavy (non-hydrogen) atoms. The molecule has 6 nitrogen and oxygen atoms in total. The van der Waals surface area contributed by atoms with Gasteiger partial charge in [0.25, 0.3) is 0 Å².